The molecule has 0 aliphatic rings. The predicted molar refractivity (Wildman–Crippen MR) is 80.2 cm³/mol. The molecule has 0 aliphatic heterocycles. The van der Waals surface area contributed by atoms with Crippen LogP contribution in [0.5, 0.6) is 5.75 Å². The first-order chi connectivity index (χ1) is 9.80. The Kier molecular flexibility index (Phi) is 4.77. The molecule has 0 amide bonds. The van der Waals surface area contributed by atoms with Crippen LogP contribution in [0.15, 0.2) is 29.3 Å². The number of primary sulfonamides is 1. The summed E-state index contributed by atoms with van der Waals surface area (Å²) in [5, 5.41) is 8.96. The Hall–Kier alpha value is -1.28. The van der Waals surface area contributed by atoms with Crippen molar-refractivity contribution in [3.8, 4) is 5.75 Å². The molecule has 0 aliphatic carbocycles. The van der Waals surface area contributed by atoms with Crippen molar-refractivity contribution >= 4 is 33.2 Å². The van der Waals surface area contributed by atoms with Crippen molar-refractivity contribution in [2.75, 3.05) is 6.61 Å². The van der Waals surface area contributed by atoms with E-state index in [1.165, 1.54) is 12.1 Å². The molecule has 0 spiro atoms. The number of halogens is 2. The van der Waals surface area contributed by atoms with Crippen LogP contribution in [0.4, 0.5) is 0 Å². The Morgan fingerprint density at radius 1 is 1.29 bits per heavy atom. The molecule has 114 valence electrons. The van der Waals surface area contributed by atoms with Crippen LogP contribution >= 0.6 is 23.2 Å². The SMILES string of the molecule is Cn1nccc1CCOc1ccc(S(N)(=O)=O)c(Cl)c1Cl. The maximum atomic E-state index is 11.3. The fourth-order valence-corrected chi connectivity index (χ4v) is 3.12. The number of aromatic nitrogens is 2. The van der Waals surface area contributed by atoms with Gasteiger partial charge in [0.2, 0.25) is 10.0 Å². The summed E-state index contributed by atoms with van der Waals surface area (Å²) in [5.74, 6) is 0.302. The Morgan fingerprint density at radius 2 is 2.00 bits per heavy atom. The van der Waals surface area contributed by atoms with E-state index < -0.39 is 10.0 Å². The highest BCUT2D eigenvalue weighted by atomic mass is 35.5. The van der Waals surface area contributed by atoms with Gasteiger partial charge in [-0.3, -0.25) is 4.68 Å². The molecule has 1 heterocycles. The molecule has 1 aromatic heterocycles. The van der Waals surface area contributed by atoms with Gasteiger partial charge in [-0.25, -0.2) is 13.6 Å². The zero-order valence-corrected chi connectivity index (χ0v) is 13.4. The standard InChI is InChI=1S/C12H13Cl2N3O3S/c1-17-8(4-6-16-17)5-7-20-9-2-3-10(21(15,18)19)12(14)11(9)13/h2-4,6H,5,7H2,1H3,(H2,15,18,19). The summed E-state index contributed by atoms with van der Waals surface area (Å²) in [6.07, 6.45) is 2.32. The zero-order valence-electron chi connectivity index (χ0n) is 11.1. The van der Waals surface area contributed by atoms with Crippen molar-refractivity contribution in [2.45, 2.75) is 11.3 Å². The molecule has 0 bridgehead atoms. The number of rotatable bonds is 5. The van der Waals surface area contributed by atoms with Gasteiger partial charge in [0.25, 0.3) is 0 Å². The number of aryl methyl sites for hydroxylation is 1. The van der Waals surface area contributed by atoms with Crippen molar-refractivity contribution in [3.05, 3.63) is 40.1 Å². The number of nitrogens with two attached hydrogens (primary N) is 1. The molecule has 0 atom stereocenters. The summed E-state index contributed by atoms with van der Waals surface area (Å²) in [4.78, 5) is -0.229. The van der Waals surface area contributed by atoms with Crippen molar-refractivity contribution < 1.29 is 13.2 Å². The maximum absolute atomic E-state index is 11.3. The lowest BCUT2D eigenvalue weighted by Crippen LogP contribution is -2.13. The van der Waals surface area contributed by atoms with E-state index in [1.807, 2.05) is 13.1 Å². The first-order valence-corrected chi connectivity index (χ1v) is 8.21. The highest BCUT2D eigenvalue weighted by molar-refractivity contribution is 7.89. The molecule has 0 radical (unpaired) electrons. The lowest BCUT2D eigenvalue weighted by atomic mass is 10.3. The van der Waals surface area contributed by atoms with E-state index in [0.29, 0.717) is 18.8 Å². The summed E-state index contributed by atoms with van der Waals surface area (Å²) in [6.45, 7) is 0.351. The molecule has 6 nitrogen and oxygen atoms in total. The highest BCUT2D eigenvalue weighted by Crippen LogP contribution is 2.36. The van der Waals surface area contributed by atoms with Crippen LogP contribution in [0.2, 0.25) is 10.0 Å². The number of hydrogen-bond acceptors (Lipinski definition) is 4. The molecule has 0 saturated carbocycles. The molecule has 2 rings (SSSR count). The fraction of sp³-hybridized carbons (Fsp3) is 0.250. The molecule has 2 N–H and O–H groups in total. The molecule has 0 unspecified atom stereocenters. The third-order valence-corrected chi connectivity index (χ3v) is 4.79. The van der Waals surface area contributed by atoms with Crippen molar-refractivity contribution in [3.63, 3.8) is 0 Å². The van der Waals surface area contributed by atoms with E-state index >= 15 is 0 Å². The smallest absolute Gasteiger partial charge is 0.239 e. The number of benzene rings is 1. The van der Waals surface area contributed by atoms with Gasteiger partial charge >= 0.3 is 0 Å². The topological polar surface area (TPSA) is 87.2 Å². The third kappa shape index (κ3) is 3.68. The number of ether oxygens (including phenoxy) is 1. The molecule has 21 heavy (non-hydrogen) atoms. The third-order valence-electron chi connectivity index (χ3n) is 2.86. The first kappa shape index (κ1) is 16.1. The monoisotopic (exact) mass is 349 g/mol. The number of sulfonamides is 1. The molecular weight excluding hydrogens is 337 g/mol. The minimum atomic E-state index is -3.92. The summed E-state index contributed by atoms with van der Waals surface area (Å²) >= 11 is 11.9. The molecule has 9 heteroatoms. The van der Waals surface area contributed by atoms with Gasteiger partial charge in [-0.2, -0.15) is 5.10 Å². The fourth-order valence-electron chi connectivity index (χ4n) is 1.76. The zero-order chi connectivity index (χ0) is 15.6. The molecule has 0 saturated heterocycles. The van der Waals surface area contributed by atoms with Gasteiger partial charge < -0.3 is 4.74 Å². The Morgan fingerprint density at radius 3 is 2.57 bits per heavy atom. The lowest BCUT2D eigenvalue weighted by molar-refractivity contribution is 0.318. The largest absolute Gasteiger partial charge is 0.492 e. The Bertz CT molecular complexity index is 759. The van der Waals surface area contributed by atoms with E-state index in [0.717, 1.165) is 5.69 Å². The van der Waals surface area contributed by atoms with Gasteiger partial charge in [0, 0.05) is 25.4 Å². The summed E-state index contributed by atoms with van der Waals surface area (Å²) in [5.41, 5.74) is 0.998. The van der Waals surface area contributed by atoms with Crippen LogP contribution in [0, 0.1) is 0 Å². The molecule has 0 fully saturated rings. The summed E-state index contributed by atoms with van der Waals surface area (Å²) in [6, 6.07) is 4.57. The normalized spacial score (nSPS) is 11.6. The summed E-state index contributed by atoms with van der Waals surface area (Å²) in [7, 11) is -2.08. The first-order valence-electron chi connectivity index (χ1n) is 5.91. The second kappa shape index (κ2) is 6.23. The van der Waals surface area contributed by atoms with E-state index in [-0.39, 0.29) is 14.9 Å². The second-order valence-electron chi connectivity index (χ2n) is 4.28. The van der Waals surface area contributed by atoms with Crippen LogP contribution in [-0.4, -0.2) is 24.8 Å². The molecular formula is C12H13Cl2N3O3S. The average molecular weight is 350 g/mol. The lowest BCUT2D eigenvalue weighted by Gasteiger charge is -2.11. The van der Waals surface area contributed by atoms with Crippen molar-refractivity contribution in [1.82, 2.24) is 9.78 Å². The van der Waals surface area contributed by atoms with Crippen LogP contribution < -0.4 is 9.88 Å². The quantitative estimate of drug-likeness (QED) is 0.893. The average Bonchev–Trinajstić information content (AvgIpc) is 2.79. The Balaban J connectivity index is 2.12. The number of nitrogens with zero attached hydrogens (tertiary/aromatic N) is 2. The minimum Gasteiger partial charge on any atom is -0.492 e. The van der Waals surface area contributed by atoms with Crippen molar-refractivity contribution in [2.24, 2.45) is 12.2 Å². The summed E-state index contributed by atoms with van der Waals surface area (Å²) < 4.78 is 29.9. The van der Waals surface area contributed by atoms with Gasteiger partial charge in [0.15, 0.2) is 0 Å². The minimum absolute atomic E-state index is 0.0215. The molecule has 1 aromatic carbocycles. The number of hydrogen-bond donors (Lipinski definition) is 1. The van der Waals surface area contributed by atoms with Gasteiger partial charge in [0.05, 0.1) is 11.6 Å². The van der Waals surface area contributed by atoms with Gasteiger partial charge in [-0.15, -0.1) is 0 Å². The molecule has 2 aromatic rings. The van der Waals surface area contributed by atoms with E-state index in [2.05, 4.69) is 5.10 Å². The highest BCUT2D eigenvalue weighted by Gasteiger charge is 2.18. The van der Waals surface area contributed by atoms with E-state index in [1.54, 1.807) is 10.9 Å². The van der Waals surface area contributed by atoms with Gasteiger partial charge in [0.1, 0.15) is 15.7 Å². The van der Waals surface area contributed by atoms with Crippen molar-refractivity contribution in [1.29, 1.82) is 0 Å². The Labute approximate surface area is 132 Å². The predicted octanol–water partition coefficient (Wildman–Crippen LogP) is 2.00. The van der Waals surface area contributed by atoms with E-state index in [9.17, 15) is 8.42 Å². The van der Waals surface area contributed by atoms with Crippen LogP contribution in [0.25, 0.3) is 0 Å². The second-order valence-corrected chi connectivity index (χ2v) is 6.57. The maximum Gasteiger partial charge on any atom is 0.239 e. The van der Waals surface area contributed by atoms with E-state index in [4.69, 9.17) is 33.1 Å². The van der Waals surface area contributed by atoms with Crippen LogP contribution in [-0.2, 0) is 23.5 Å². The van der Waals surface area contributed by atoms with Crippen LogP contribution in [0.3, 0.4) is 0 Å². The van der Waals surface area contributed by atoms with Gasteiger partial charge in [-0.1, -0.05) is 23.2 Å². The van der Waals surface area contributed by atoms with Gasteiger partial charge in [-0.05, 0) is 18.2 Å². The van der Waals surface area contributed by atoms with Crippen LogP contribution in [0.1, 0.15) is 5.69 Å².